The predicted octanol–water partition coefficient (Wildman–Crippen LogP) is 5.83. The first-order valence-corrected chi connectivity index (χ1v) is 8.34. The van der Waals surface area contributed by atoms with E-state index in [1.807, 2.05) is 23.6 Å². The Kier molecular flexibility index (Phi) is 5.51. The minimum atomic E-state index is -0.0966. The zero-order valence-electron chi connectivity index (χ0n) is 10.2. The Bertz CT molecular complexity index is 561. The van der Waals surface area contributed by atoms with E-state index in [-0.39, 0.29) is 6.10 Å². The molecular formula is C13H12BrCl2NOS. The van der Waals surface area contributed by atoms with Crippen LogP contribution in [0.5, 0.6) is 5.75 Å². The number of aromatic nitrogens is 1. The van der Waals surface area contributed by atoms with Gasteiger partial charge in [0.05, 0.1) is 16.6 Å². The number of alkyl halides is 1. The van der Waals surface area contributed by atoms with Gasteiger partial charge in [0.25, 0.3) is 0 Å². The Labute approximate surface area is 134 Å². The van der Waals surface area contributed by atoms with Crippen molar-refractivity contribution in [1.29, 1.82) is 0 Å². The van der Waals surface area contributed by atoms with Crippen molar-refractivity contribution in [1.82, 2.24) is 4.98 Å². The maximum Gasteiger partial charge on any atom is 0.150 e. The monoisotopic (exact) mass is 379 g/mol. The molecule has 0 bridgehead atoms. The highest BCUT2D eigenvalue weighted by molar-refractivity contribution is 9.10. The van der Waals surface area contributed by atoms with E-state index < -0.39 is 0 Å². The van der Waals surface area contributed by atoms with Crippen LogP contribution in [0.25, 0.3) is 0 Å². The molecule has 19 heavy (non-hydrogen) atoms. The summed E-state index contributed by atoms with van der Waals surface area (Å²) in [4.78, 5) is 4.45. The van der Waals surface area contributed by atoms with Gasteiger partial charge in [-0.3, -0.25) is 0 Å². The molecule has 0 radical (unpaired) electrons. The van der Waals surface area contributed by atoms with E-state index in [4.69, 9.17) is 27.9 Å². The number of hydrogen-bond acceptors (Lipinski definition) is 3. The molecule has 0 aliphatic heterocycles. The smallest absolute Gasteiger partial charge is 0.150 e. The zero-order chi connectivity index (χ0) is 13.8. The first-order valence-electron chi connectivity index (χ1n) is 5.76. The second-order valence-corrected chi connectivity index (χ2v) is 6.38. The summed E-state index contributed by atoms with van der Waals surface area (Å²) in [6, 6.07) is 5.57. The van der Waals surface area contributed by atoms with Crippen LogP contribution in [0.3, 0.4) is 0 Å². The molecule has 2 rings (SSSR count). The van der Waals surface area contributed by atoms with E-state index in [1.54, 1.807) is 11.3 Å². The van der Waals surface area contributed by atoms with Crippen LogP contribution in [0, 0.1) is 0 Å². The topological polar surface area (TPSA) is 22.1 Å². The molecule has 0 aliphatic carbocycles. The fourth-order valence-electron chi connectivity index (χ4n) is 1.56. The molecule has 0 aliphatic rings. The van der Waals surface area contributed by atoms with Gasteiger partial charge < -0.3 is 4.74 Å². The van der Waals surface area contributed by atoms with Crippen molar-refractivity contribution in [2.75, 3.05) is 0 Å². The maximum atomic E-state index is 6.16. The summed E-state index contributed by atoms with van der Waals surface area (Å²) in [5.74, 6) is 1.09. The number of benzene rings is 1. The Hall–Kier alpha value is -0.290. The molecule has 0 amide bonds. The number of thiazole rings is 1. The van der Waals surface area contributed by atoms with Crippen LogP contribution in [0.1, 0.15) is 30.2 Å². The highest BCUT2D eigenvalue weighted by Crippen LogP contribution is 2.33. The van der Waals surface area contributed by atoms with Gasteiger partial charge >= 0.3 is 0 Å². The van der Waals surface area contributed by atoms with Gasteiger partial charge in [-0.15, -0.1) is 22.9 Å². The van der Waals surface area contributed by atoms with Crippen molar-refractivity contribution in [2.24, 2.45) is 0 Å². The highest BCUT2D eigenvalue weighted by Gasteiger charge is 2.17. The van der Waals surface area contributed by atoms with Crippen LogP contribution in [0.2, 0.25) is 5.02 Å². The average molecular weight is 381 g/mol. The largest absolute Gasteiger partial charge is 0.482 e. The number of rotatable bonds is 5. The predicted molar refractivity (Wildman–Crippen MR) is 84.5 cm³/mol. The van der Waals surface area contributed by atoms with Crippen molar-refractivity contribution in [3.05, 3.63) is 43.8 Å². The van der Waals surface area contributed by atoms with Gasteiger partial charge in [0.2, 0.25) is 0 Å². The second kappa shape index (κ2) is 6.93. The van der Waals surface area contributed by atoms with E-state index >= 15 is 0 Å². The summed E-state index contributed by atoms with van der Waals surface area (Å²) in [5, 5.41) is 3.47. The average Bonchev–Trinajstić information content (AvgIpc) is 2.86. The Morgan fingerprint density at radius 3 is 2.84 bits per heavy atom. The van der Waals surface area contributed by atoms with Gasteiger partial charge in [0.15, 0.2) is 0 Å². The Balaban J connectivity index is 2.18. The third-order valence-electron chi connectivity index (χ3n) is 2.52. The SMILES string of the molecule is CCC(Oc1ccc(Br)cc1Cl)c1nc(CCl)cs1. The standard InChI is InChI=1S/C13H12BrCl2NOS/c1-2-11(13-17-9(6-15)7-19-13)18-12-4-3-8(14)5-10(12)16/h3-5,7,11H,2,6H2,1H3. The lowest BCUT2D eigenvalue weighted by molar-refractivity contribution is 0.201. The number of ether oxygens (including phenoxy) is 1. The minimum absolute atomic E-state index is 0.0966. The molecular weight excluding hydrogens is 369 g/mol. The molecule has 1 atom stereocenters. The molecule has 2 aromatic rings. The summed E-state index contributed by atoms with van der Waals surface area (Å²) in [6.07, 6.45) is 0.724. The minimum Gasteiger partial charge on any atom is -0.482 e. The van der Waals surface area contributed by atoms with Crippen LogP contribution in [0.15, 0.2) is 28.1 Å². The summed E-state index contributed by atoms with van der Waals surface area (Å²) < 4.78 is 6.87. The second-order valence-electron chi connectivity index (χ2n) is 3.90. The molecule has 1 unspecified atom stereocenters. The molecule has 1 heterocycles. The molecule has 0 spiro atoms. The van der Waals surface area contributed by atoms with Crippen LogP contribution in [-0.4, -0.2) is 4.98 Å². The number of nitrogens with zero attached hydrogens (tertiary/aromatic N) is 1. The molecule has 2 nitrogen and oxygen atoms in total. The molecule has 0 fully saturated rings. The van der Waals surface area contributed by atoms with Crippen molar-refractivity contribution in [3.8, 4) is 5.75 Å². The number of halogens is 3. The van der Waals surface area contributed by atoms with Crippen molar-refractivity contribution in [3.63, 3.8) is 0 Å². The van der Waals surface area contributed by atoms with E-state index in [0.717, 1.165) is 21.6 Å². The fraction of sp³-hybridized carbons (Fsp3) is 0.308. The van der Waals surface area contributed by atoms with E-state index in [9.17, 15) is 0 Å². The molecule has 1 aromatic carbocycles. The number of hydrogen-bond donors (Lipinski definition) is 0. The Morgan fingerprint density at radius 2 is 2.26 bits per heavy atom. The molecule has 0 saturated heterocycles. The third-order valence-corrected chi connectivity index (χ3v) is 4.56. The van der Waals surface area contributed by atoms with Gasteiger partial charge in [-0.25, -0.2) is 4.98 Å². The van der Waals surface area contributed by atoms with Crippen LogP contribution in [-0.2, 0) is 5.88 Å². The van der Waals surface area contributed by atoms with Gasteiger partial charge in [-0.1, -0.05) is 34.5 Å². The zero-order valence-corrected chi connectivity index (χ0v) is 14.1. The lowest BCUT2D eigenvalue weighted by Crippen LogP contribution is -2.06. The van der Waals surface area contributed by atoms with Crippen LogP contribution < -0.4 is 4.74 Å². The summed E-state index contributed by atoms with van der Waals surface area (Å²) in [6.45, 7) is 2.05. The first-order chi connectivity index (χ1) is 9.13. The molecule has 6 heteroatoms. The third kappa shape index (κ3) is 3.85. The highest BCUT2D eigenvalue weighted by atomic mass is 79.9. The summed E-state index contributed by atoms with van der Waals surface area (Å²) in [7, 11) is 0. The summed E-state index contributed by atoms with van der Waals surface area (Å²) in [5.41, 5.74) is 0.880. The first kappa shape index (κ1) is 15.1. The summed E-state index contributed by atoms with van der Waals surface area (Å²) >= 11 is 16.9. The quantitative estimate of drug-likeness (QED) is 0.609. The molecule has 0 saturated carbocycles. The Morgan fingerprint density at radius 1 is 1.47 bits per heavy atom. The lowest BCUT2D eigenvalue weighted by Gasteiger charge is -2.16. The van der Waals surface area contributed by atoms with Gasteiger partial charge in [0.1, 0.15) is 16.9 Å². The van der Waals surface area contributed by atoms with E-state index in [0.29, 0.717) is 16.7 Å². The van der Waals surface area contributed by atoms with Gasteiger partial charge in [-0.05, 0) is 24.6 Å². The fourth-order valence-corrected chi connectivity index (χ4v) is 3.44. The van der Waals surface area contributed by atoms with Crippen LogP contribution in [0.4, 0.5) is 0 Å². The van der Waals surface area contributed by atoms with Crippen molar-refractivity contribution < 1.29 is 4.74 Å². The molecule has 0 N–H and O–H groups in total. The molecule has 102 valence electrons. The van der Waals surface area contributed by atoms with Crippen molar-refractivity contribution >= 4 is 50.5 Å². The van der Waals surface area contributed by atoms with Gasteiger partial charge in [0, 0.05) is 9.85 Å². The van der Waals surface area contributed by atoms with Gasteiger partial charge in [-0.2, -0.15) is 0 Å². The van der Waals surface area contributed by atoms with Crippen LogP contribution >= 0.6 is 50.5 Å². The molecule has 1 aromatic heterocycles. The van der Waals surface area contributed by atoms with Crippen molar-refractivity contribution in [2.45, 2.75) is 25.3 Å². The van der Waals surface area contributed by atoms with E-state index in [2.05, 4.69) is 27.8 Å². The maximum absolute atomic E-state index is 6.16. The van der Waals surface area contributed by atoms with E-state index in [1.165, 1.54) is 0 Å². The normalized spacial score (nSPS) is 12.4. The lowest BCUT2D eigenvalue weighted by atomic mass is 10.3.